The molecule has 0 radical (unpaired) electrons. The van der Waals surface area contributed by atoms with E-state index in [9.17, 15) is 4.79 Å². The summed E-state index contributed by atoms with van der Waals surface area (Å²) in [5, 5.41) is 8.69. The Kier molecular flexibility index (Phi) is 6.18. The summed E-state index contributed by atoms with van der Waals surface area (Å²) in [5.41, 5.74) is 10.8. The van der Waals surface area contributed by atoms with Crippen molar-refractivity contribution in [1.29, 1.82) is 0 Å². The molecule has 0 heterocycles. The molecule has 5 N–H and O–H groups in total. The second kappa shape index (κ2) is 6.62. The van der Waals surface area contributed by atoms with Gasteiger partial charge in [-0.3, -0.25) is 4.79 Å². The van der Waals surface area contributed by atoms with E-state index < -0.39 is 12.0 Å². The molecule has 0 fully saturated rings. The van der Waals surface area contributed by atoms with Gasteiger partial charge in [0.05, 0.1) is 0 Å². The molecule has 76 valence electrons. The zero-order chi connectivity index (χ0) is 10.3. The molecule has 1 unspecified atom stereocenters. The molecule has 0 saturated heterocycles. The van der Waals surface area contributed by atoms with E-state index in [1.807, 2.05) is 0 Å². The standard InChI is InChI=1S/C9H18N2O2/c1-2-4-7(5-3-6-10)8(11)9(12)13/h2,7-8H,1,3-6,10-11H2,(H,12,13)/t7?,8-/m0/s1. The van der Waals surface area contributed by atoms with Gasteiger partial charge < -0.3 is 16.6 Å². The highest BCUT2D eigenvalue weighted by atomic mass is 16.4. The van der Waals surface area contributed by atoms with Gasteiger partial charge in [0.15, 0.2) is 0 Å². The number of rotatable bonds is 7. The molecule has 0 aromatic heterocycles. The van der Waals surface area contributed by atoms with Crippen LogP contribution >= 0.6 is 0 Å². The Morgan fingerprint density at radius 2 is 2.23 bits per heavy atom. The van der Waals surface area contributed by atoms with Crippen molar-refractivity contribution in [2.24, 2.45) is 17.4 Å². The maximum absolute atomic E-state index is 10.6. The fraction of sp³-hybridized carbons (Fsp3) is 0.667. The normalized spacial score (nSPS) is 14.9. The quantitative estimate of drug-likeness (QED) is 0.500. The van der Waals surface area contributed by atoms with Crippen LogP contribution in [-0.2, 0) is 4.79 Å². The molecule has 2 atom stereocenters. The number of allylic oxidation sites excluding steroid dienone is 1. The number of hydrogen-bond acceptors (Lipinski definition) is 3. The number of aliphatic carboxylic acids is 1. The number of carboxylic acid groups (broad SMARTS) is 1. The van der Waals surface area contributed by atoms with E-state index in [-0.39, 0.29) is 5.92 Å². The van der Waals surface area contributed by atoms with Crippen LogP contribution in [0.4, 0.5) is 0 Å². The molecule has 0 aliphatic carbocycles. The lowest BCUT2D eigenvalue weighted by molar-refractivity contribution is -0.139. The van der Waals surface area contributed by atoms with Crippen molar-refractivity contribution in [2.75, 3.05) is 6.54 Å². The summed E-state index contributed by atoms with van der Waals surface area (Å²) in [6, 6.07) is -0.801. The topological polar surface area (TPSA) is 89.3 Å². The predicted molar refractivity (Wildman–Crippen MR) is 52.2 cm³/mol. The maximum atomic E-state index is 10.6. The van der Waals surface area contributed by atoms with Gasteiger partial charge in [-0.2, -0.15) is 0 Å². The van der Waals surface area contributed by atoms with Gasteiger partial charge in [0, 0.05) is 0 Å². The molecule has 0 aliphatic heterocycles. The van der Waals surface area contributed by atoms with Crippen molar-refractivity contribution < 1.29 is 9.90 Å². The summed E-state index contributed by atoms with van der Waals surface area (Å²) in [6.45, 7) is 4.14. The molecule has 4 nitrogen and oxygen atoms in total. The van der Waals surface area contributed by atoms with Gasteiger partial charge in [-0.1, -0.05) is 6.08 Å². The molecule has 0 spiro atoms. The first-order valence-electron chi connectivity index (χ1n) is 4.42. The van der Waals surface area contributed by atoms with Crippen LogP contribution in [0.15, 0.2) is 12.7 Å². The van der Waals surface area contributed by atoms with Crippen LogP contribution in [0.3, 0.4) is 0 Å². The summed E-state index contributed by atoms with van der Waals surface area (Å²) in [4.78, 5) is 10.6. The highest BCUT2D eigenvalue weighted by Crippen LogP contribution is 2.14. The van der Waals surface area contributed by atoms with Crippen molar-refractivity contribution in [1.82, 2.24) is 0 Å². The van der Waals surface area contributed by atoms with E-state index >= 15 is 0 Å². The molecule has 0 saturated carbocycles. The van der Waals surface area contributed by atoms with Crippen LogP contribution in [-0.4, -0.2) is 23.7 Å². The van der Waals surface area contributed by atoms with Crippen LogP contribution in [0.25, 0.3) is 0 Å². The summed E-state index contributed by atoms with van der Waals surface area (Å²) in [7, 11) is 0. The minimum atomic E-state index is -0.955. The van der Waals surface area contributed by atoms with E-state index in [1.54, 1.807) is 6.08 Å². The lowest BCUT2D eigenvalue weighted by Crippen LogP contribution is -2.38. The average Bonchev–Trinajstić information content (AvgIpc) is 2.11. The highest BCUT2D eigenvalue weighted by Gasteiger charge is 2.22. The van der Waals surface area contributed by atoms with E-state index in [1.165, 1.54) is 0 Å². The lowest BCUT2D eigenvalue weighted by atomic mass is 9.92. The van der Waals surface area contributed by atoms with Crippen LogP contribution in [0.1, 0.15) is 19.3 Å². The molecule has 0 bridgehead atoms. The van der Waals surface area contributed by atoms with Crippen molar-refractivity contribution in [3.63, 3.8) is 0 Å². The van der Waals surface area contributed by atoms with Crippen molar-refractivity contribution in [2.45, 2.75) is 25.3 Å². The van der Waals surface area contributed by atoms with Crippen molar-refractivity contribution >= 4 is 5.97 Å². The number of carboxylic acids is 1. The zero-order valence-corrected chi connectivity index (χ0v) is 7.78. The largest absolute Gasteiger partial charge is 0.480 e. The Labute approximate surface area is 78.6 Å². The van der Waals surface area contributed by atoms with Gasteiger partial charge in [0.2, 0.25) is 0 Å². The summed E-state index contributed by atoms with van der Waals surface area (Å²) in [5.74, 6) is -0.998. The first-order chi connectivity index (χ1) is 6.13. The fourth-order valence-corrected chi connectivity index (χ4v) is 1.24. The van der Waals surface area contributed by atoms with Gasteiger partial charge >= 0.3 is 5.97 Å². The number of carbonyl (C=O) groups is 1. The first kappa shape index (κ1) is 12.1. The van der Waals surface area contributed by atoms with Crippen LogP contribution < -0.4 is 11.5 Å². The molecule has 0 rings (SSSR count). The van der Waals surface area contributed by atoms with Gasteiger partial charge in [0.1, 0.15) is 6.04 Å². The molecule has 0 aromatic rings. The van der Waals surface area contributed by atoms with Gasteiger partial charge in [-0.25, -0.2) is 0 Å². The second-order valence-electron chi connectivity index (χ2n) is 3.08. The van der Waals surface area contributed by atoms with Crippen molar-refractivity contribution in [3.05, 3.63) is 12.7 Å². The summed E-state index contributed by atoms with van der Waals surface area (Å²) < 4.78 is 0. The Bertz CT molecular complexity index is 171. The summed E-state index contributed by atoms with van der Waals surface area (Å²) >= 11 is 0. The minimum Gasteiger partial charge on any atom is -0.480 e. The first-order valence-corrected chi connectivity index (χ1v) is 4.42. The Morgan fingerprint density at radius 3 is 2.62 bits per heavy atom. The monoisotopic (exact) mass is 186 g/mol. The molecule has 4 heteroatoms. The van der Waals surface area contributed by atoms with Crippen molar-refractivity contribution in [3.8, 4) is 0 Å². The third kappa shape index (κ3) is 4.65. The predicted octanol–water partition coefficient (Wildman–Crippen LogP) is 0.330. The maximum Gasteiger partial charge on any atom is 0.320 e. The molecular formula is C9H18N2O2. The third-order valence-corrected chi connectivity index (χ3v) is 2.04. The lowest BCUT2D eigenvalue weighted by Gasteiger charge is -2.18. The van der Waals surface area contributed by atoms with Gasteiger partial charge in [0.25, 0.3) is 0 Å². The molecule has 0 aromatic carbocycles. The average molecular weight is 186 g/mol. The molecule has 0 aliphatic rings. The van der Waals surface area contributed by atoms with E-state index in [4.69, 9.17) is 16.6 Å². The third-order valence-electron chi connectivity index (χ3n) is 2.04. The second-order valence-corrected chi connectivity index (χ2v) is 3.08. The van der Waals surface area contributed by atoms with E-state index in [0.29, 0.717) is 13.0 Å². The van der Waals surface area contributed by atoms with E-state index in [0.717, 1.165) is 12.8 Å². The highest BCUT2D eigenvalue weighted by molar-refractivity contribution is 5.73. The molecule has 0 amide bonds. The van der Waals surface area contributed by atoms with Crippen LogP contribution in [0.2, 0.25) is 0 Å². The SMILES string of the molecule is C=CCC(CCCN)[C@H](N)C(=O)O. The Hall–Kier alpha value is -0.870. The zero-order valence-electron chi connectivity index (χ0n) is 7.78. The Balaban J connectivity index is 4.05. The van der Waals surface area contributed by atoms with E-state index in [2.05, 4.69) is 6.58 Å². The number of hydrogen-bond donors (Lipinski definition) is 3. The fourth-order valence-electron chi connectivity index (χ4n) is 1.24. The Morgan fingerprint density at radius 1 is 1.62 bits per heavy atom. The van der Waals surface area contributed by atoms with Crippen LogP contribution in [0.5, 0.6) is 0 Å². The number of nitrogens with two attached hydrogens (primary N) is 2. The molecular weight excluding hydrogens is 168 g/mol. The minimum absolute atomic E-state index is 0.0430. The molecule has 13 heavy (non-hydrogen) atoms. The van der Waals surface area contributed by atoms with Gasteiger partial charge in [-0.15, -0.1) is 6.58 Å². The van der Waals surface area contributed by atoms with Crippen LogP contribution in [0, 0.1) is 5.92 Å². The smallest absolute Gasteiger partial charge is 0.320 e. The van der Waals surface area contributed by atoms with Gasteiger partial charge in [-0.05, 0) is 31.7 Å². The summed E-state index contributed by atoms with van der Waals surface area (Å²) in [6.07, 6.45) is 3.88.